The molecule has 6 nitrogen and oxygen atoms in total. The average molecular weight is 1180 g/mol. The third-order valence-electron chi connectivity index (χ3n) is 17.9. The third-order valence-corrected chi connectivity index (χ3v) is 17.9. The van der Waals surface area contributed by atoms with Crippen LogP contribution < -0.4 is 5.32 Å². The number of hydrogen-bond donors (Lipinski definition) is 3. The number of ether oxygens (including phenoxy) is 1. The molecule has 0 aromatic rings. The molecule has 0 aromatic carbocycles. The minimum atomic E-state index is -0.844. The maximum atomic E-state index is 12.5. The smallest absolute Gasteiger partial charge is 0.305 e. The average Bonchev–Trinajstić information content (AvgIpc) is 3.50. The topological polar surface area (TPSA) is 95.9 Å². The minimum absolute atomic E-state index is 0.0185. The third kappa shape index (κ3) is 69.2. The summed E-state index contributed by atoms with van der Waals surface area (Å²) in [6.45, 7) is 4.95. The van der Waals surface area contributed by atoms with Gasteiger partial charge in [0.25, 0.3) is 0 Å². The fourth-order valence-electron chi connectivity index (χ4n) is 12.1. The summed E-state index contributed by atoms with van der Waals surface area (Å²) in [5, 5.41) is 23.2. The Kier molecular flexibility index (Phi) is 71.9. The van der Waals surface area contributed by atoms with Crippen LogP contribution in [0.1, 0.15) is 425 Å². The van der Waals surface area contributed by atoms with Crippen molar-refractivity contribution in [3.8, 4) is 0 Å². The molecule has 496 valence electrons. The van der Waals surface area contributed by atoms with Crippen molar-refractivity contribution in [2.24, 2.45) is 0 Å². The highest BCUT2D eigenvalue weighted by molar-refractivity contribution is 5.76. The van der Waals surface area contributed by atoms with E-state index < -0.39 is 12.1 Å². The quantitative estimate of drug-likeness (QED) is 0.0320. The molecule has 0 aliphatic heterocycles. The molecule has 0 spiro atoms. The summed E-state index contributed by atoms with van der Waals surface area (Å²) in [5.41, 5.74) is 0. The van der Waals surface area contributed by atoms with Crippen molar-refractivity contribution in [3.05, 3.63) is 36.5 Å². The zero-order chi connectivity index (χ0) is 60.6. The SMILES string of the molecule is CCCCCCCCCCCCCCCCC/C=C/C(O)C(CO)NC(=O)CCCCCCCCCCCCCCCCCCC/C=C\C/C=C\CCCCCCCCCCCOC(=O)CCCCCCCCCCCCCCCCCCC. The molecule has 0 radical (unpaired) electrons. The van der Waals surface area contributed by atoms with Crippen LogP contribution in [-0.4, -0.2) is 47.4 Å². The molecule has 0 saturated heterocycles. The Hall–Kier alpha value is -1.92. The highest BCUT2D eigenvalue weighted by Gasteiger charge is 2.18. The van der Waals surface area contributed by atoms with E-state index in [2.05, 4.69) is 43.5 Å². The van der Waals surface area contributed by atoms with Gasteiger partial charge in [-0.2, -0.15) is 0 Å². The van der Waals surface area contributed by atoms with Gasteiger partial charge < -0.3 is 20.3 Å². The van der Waals surface area contributed by atoms with Crippen molar-refractivity contribution in [3.63, 3.8) is 0 Å². The molecule has 0 fully saturated rings. The maximum absolute atomic E-state index is 12.5. The first-order chi connectivity index (χ1) is 41.5. The van der Waals surface area contributed by atoms with Gasteiger partial charge in [-0.1, -0.05) is 384 Å². The predicted molar refractivity (Wildman–Crippen MR) is 370 cm³/mol. The van der Waals surface area contributed by atoms with Crippen LogP contribution >= 0.6 is 0 Å². The van der Waals surface area contributed by atoms with Gasteiger partial charge in [-0.3, -0.25) is 9.59 Å². The molecular weight excluding hydrogens is 1030 g/mol. The predicted octanol–water partition coefficient (Wildman–Crippen LogP) is 25.0. The fraction of sp³-hybridized carbons (Fsp3) is 0.897. The van der Waals surface area contributed by atoms with E-state index in [4.69, 9.17) is 4.74 Å². The molecule has 0 bridgehead atoms. The first-order valence-corrected chi connectivity index (χ1v) is 38.3. The summed E-state index contributed by atoms with van der Waals surface area (Å²) >= 11 is 0. The van der Waals surface area contributed by atoms with E-state index >= 15 is 0 Å². The van der Waals surface area contributed by atoms with Crippen molar-refractivity contribution >= 4 is 11.9 Å². The van der Waals surface area contributed by atoms with Gasteiger partial charge in [-0.15, -0.1) is 0 Å². The molecule has 0 heterocycles. The number of amides is 1. The highest BCUT2D eigenvalue weighted by atomic mass is 16.5. The van der Waals surface area contributed by atoms with E-state index in [9.17, 15) is 19.8 Å². The Morgan fingerprint density at radius 1 is 0.333 bits per heavy atom. The number of unbranched alkanes of at least 4 members (excludes halogenated alkanes) is 57. The first-order valence-electron chi connectivity index (χ1n) is 38.3. The van der Waals surface area contributed by atoms with Crippen LogP contribution in [0.25, 0.3) is 0 Å². The van der Waals surface area contributed by atoms with Gasteiger partial charge in [0.05, 0.1) is 25.4 Å². The molecule has 0 aliphatic rings. The van der Waals surface area contributed by atoms with Crippen molar-refractivity contribution in [1.82, 2.24) is 5.32 Å². The van der Waals surface area contributed by atoms with Crippen LogP contribution in [0.3, 0.4) is 0 Å². The first kappa shape index (κ1) is 82.1. The lowest BCUT2D eigenvalue weighted by atomic mass is 10.0. The fourth-order valence-corrected chi connectivity index (χ4v) is 12.1. The Labute approximate surface area is 525 Å². The summed E-state index contributed by atoms with van der Waals surface area (Å²) in [4.78, 5) is 24.6. The molecule has 3 N–H and O–H groups in total. The van der Waals surface area contributed by atoms with Crippen molar-refractivity contribution in [2.45, 2.75) is 437 Å². The minimum Gasteiger partial charge on any atom is -0.466 e. The number of esters is 1. The van der Waals surface area contributed by atoms with Gasteiger partial charge in [-0.25, -0.2) is 0 Å². The Balaban J connectivity index is 3.38. The second-order valence-corrected chi connectivity index (χ2v) is 26.3. The molecule has 6 heteroatoms. The molecule has 0 aliphatic carbocycles. The molecule has 1 amide bonds. The number of hydrogen-bond acceptors (Lipinski definition) is 5. The number of aliphatic hydroxyl groups is 2. The highest BCUT2D eigenvalue weighted by Crippen LogP contribution is 2.19. The number of carbonyl (C=O) groups excluding carboxylic acids is 2. The van der Waals surface area contributed by atoms with Gasteiger partial charge in [-0.05, 0) is 64.2 Å². The summed E-state index contributed by atoms with van der Waals surface area (Å²) in [6.07, 6.45) is 95.4. The van der Waals surface area contributed by atoms with E-state index in [1.807, 2.05) is 6.08 Å². The molecule has 84 heavy (non-hydrogen) atoms. The number of nitrogens with one attached hydrogen (secondary N) is 1. The van der Waals surface area contributed by atoms with Crippen LogP contribution in [0.2, 0.25) is 0 Å². The van der Waals surface area contributed by atoms with Crippen LogP contribution in [0.15, 0.2) is 36.5 Å². The van der Waals surface area contributed by atoms with Gasteiger partial charge in [0.15, 0.2) is 0 Å². The van der Waals surface area contributed by atoms with E-state index in [1.54, 1.807) is 6.08 Å². The van der Waals surface area contributed by atoms with E-state index in [0.29, 0.717) is 19.4 Å². The summed E-state index contributed by atoms with van der Waals surface area (Å²) in [6, 6.07) is -0.627. The normalized spacial score (nSPS) is 12.7. The second kappa shape index (κ2) is 73.5. The summed E-state index contributed by atoms with van der Waals surface area (Å²) in [7, 11) is 0. The Morgan fingerprint density at radius 2 is 0.595 bits per heavy atom. The molecule has 2 unspecified atom stereocenters. The molecule has 0 aromatic heterocycles. The van der Waals surface area contributed by atoms with Gasteiger partial charge in [0.1, 0.15) is 0 Å². The van der Waals surface area contributed by atoms with Crippen LogP contribution in [-0.2, 0) is 14.3 Å². The largest absolute Gasteiger partial charge is 0.466 e. The Morgan fingerprint density at radius 3 is 0.905 bits per heavy atom. The lowest BCUT2D eigenvalue weighted by Crippen LogP contribution is -2.45. The number of aliphatic hydroxyl groups excluding tert-OH is 2. The van der Waals surface area contributed by atoms with Gasteiger partial charge >= 0.3 is 5.97 Å². The standard InChI is InChI=1S/C78H149NO5/c1-3-5-7-9-11-13-15-17-19-38-42-46-50-54-58-62-66-70-76(81)75(74-80)79-77(82)71-67-63-59-55-51-47-43-40-36-34-32-30-28-26-24-22-21-23-25-27-29-31-33-35-37-41-45-49-53-57-61-65-69-73-84-78(83)72-68-64-60-56-52-48-44-39-20-18-16-14-12-10-8-6-4-2/h25,27,31,33,66,70,75-76,80-81H,3-24,26,28-30,32,34-65,67-69,71-74H2,1-2H3,(H,79,82)/b27-25-,33-31-,70-66+. The van der Waals surface area contributed by atoms with Crippen LogP contribution in [0.5, 0.6) is 0 Å². The zero-order valence-electron chi connectivity index (χ0n) is 56.9. The molecular formula is C78H149NO5. The molecule has 2 atom stereocenters. The number of carbonyl (C=O) groups is 2. The van der Waals surface area contributed by atoms with Crippen molar-refractivity contribution in [1.29, 1.82) is 0 Å². The lowest BCUT2D eigenvalue weighted by Gasteiger charge is -2.20. The zero-order valence-corrected chi connectivity index (χ0v) is 56.9. The number of allylic oxidation sites excluding steroid dienone is 5. The monoisotopic (exact) mass is 1180 g/mol. The van der Waals surface area contributed by atoms with Crippen molar-refractivity contribution in [2.75, 3.05) is 13.2 Å². The van der Waals surface area contributed by atoms with E-state index in [0.717, 1.165) is 44.9 Å². The summed E-state index contributed by atoms with van der Waals surface area (Å²) < 4.78 is 5.51. The van der Waals surface area contributed by atoms with Gasteiger partial charge in [0, 0.05) is 12.8 Å². The van der Waals surface area contributed by atoms with Gasteiger partial charge in [0.2, 0.25) is 5.91 Å². The van der Waals surface area contributed by atoms with E-state index in [1.165, 1.54) is 353 Å². The lowest BCUT2D eigenvalue weighted by molar-refractivity contribution is -0.143. The van der Waals surface area contributed by atoms with Crippen LogP contribution in [0, 0.1) is 0 Å². The van der Waals surface area contributed by atoms with Crippen LogP contribution in [0.4, 0.5) is 0 Å². The molecule has 0 rings (SSSR count). The summed E-state index contributed by atoms with van der Waals surface area (Å²) in [5.74, 6) is -0.0443. The molecule has 0 saturated carbocycles. The van der Waals surface area contributed by atoms with Crippen molar-refractivity contribution < 1.29 is 24.5 Å². The van der Waals surface area contributed by atoms with E-state index in [-0.39, 0.29) is 18.5 Å². The number of rotatable bonds is 72. The second-order valence-electron chi connectivity index (χ2n) is 26.3. The maximum Gasteiger partial charge on any atom is 0.305 e. The Bertz CT molecular complexity index is 1360.